The number of carbonyl (C=O) groups excluding carboxylic acids is 1. The molecule has 1 aromatic carbocycles. The number of tetrazole rings is 1. The predicted octanol–water partition coefficient (Wildman–Crippen LogP) is 3.66. The summed E-state index contributed by atoms with van der Waals surface area (Å²) in [6.07, 6.45) is 6.54. The molecule has 3 aromatic heterocycles. The summed E-state index contributed by atoms with van der Waals surface area (Å²) in [5, 5.41) is 20.5. The van der Waals surface area contributed by atoms with Crippen molar-refractivity contribution in [3.63, 3.8) is 0 Å². The number of aliphatic hydroxyl groups excluding tert-OH is 1. The number of nitrogens with zero attached hydrogens (tertiary/aromatic N) is 7. The predicted molar refractivity (Wildman–Crippen MR) is 138 cm³/mol. The quantitative estimate of drug-likeness (QED) is 0.345. The Hall–Kier alpha value is -4.23. The van der Waals surface area contributed by atoms with Crippen molar-refractivity contribution < 1.29 is 23.4 Å². The average Bonchev–Trinajstić information content (AvgIpc) is 3.70. The second-order valence-electron chi connectivity index (χ2n) is 9.70. The summed E-state index contributed by atoms with van der Waals surface area (Å²) < 4.78 is 37.0. The van der Waals surface area contributed by atoms with Gasteiger partial charge < -0.3 is 19.7 Å². The number of halogens is 3. The molecule has 0 radical (unpaired) electrons. The minimum atomic E-state index is -0.780. The molecule has 3 atom stereocenters. The van der Waals surface area contributed by atoms with Crippen LogP contribution < -0.4 is 4.74 Å². The number of hydrogen-bond acceptors (Lipinski definition) is 8. The van der Waals surface area contributed by atoms with Gasteiger partial charge in [0.1, 0.15) is 18.8 Å². The first kappa shape index (κ1) is 26.0. The Morgan fingerprint density at radius 1 is 1.23 bits per heavy atom. The second kappa shape index (κ2) is 10.4. The fourth-order valence-electron chi connectivity index (χ4n) is 5.28. The summed E-state index contributed by atoms with van der Waals surface area (Å²) >= 11 is 6.10. The van der Waals surface area contributed by atoms with Gasteiger partial charge in [0.25, 0.3) is 5.88 Å². The molecule has 5 heterocycles. The van der Waals surface area contributed by atoms with E-state index in [0.717, 1.165) is 0 Å². The highest BCUT2D eigenvalue weighted by atomic mass is 35.5. The molecule has 1 saturated heterocycles. The summed E-state index contributed by atoms with van der Waals surface area (Å²) in [5.74, 6) is -1.35. The SMILES string of the molecule is CC(O)COc1nccc(-c2cnc([C@@H]3CC[C@@H]4CC(c5c(-n6cnnn6)ccc(Cl)c5F)=CC(=O)N43)[nH]2)c1F. The number of amides is 1. The molecule has 0 saturated carbocycles. The Labute approximate surface area is 231 Å². The van der Waals surface area contributed by atoms with Gasteiger partial charge in [-0.05, 0) is 60.4 Å². The molecule has 4 aromatic rings. The number of rotatable bonds is 7. The number of carbonyl (C=O) groups is 1. The molecular weight excluding hydrogens is 546 g/mol. The maximum Gasteiger partial charge on any atom is 0.251 e. The average molecular weight is 569 g/mol. The van der Waals surface area contributed by atoms with Gasteiger partial charge in [-0.3, -0.25) is 4.79 Å². The van der Waals surface area contributed by atoms with E-state index in [0.29, 0.717) is 42.0 Å². The molecule has 6 rings (SSSR count). The molecule has 1 amide bonds. The zero-order valence-electron chi connectivity index (χ0n) is 21.1. The third kappa shape index (κ3) is 4.60. The summed E-state index contributed by atoms with van der Waals surface area (Å²) in [6.45, 7) is 1.42. The van der Waals surface area contributed by atoms with Crippen molar-refractivity contribution in [2.24, 2.45) is 0 Å². The van der Waals surface area contributed by atoms with E-state index in [1.807, 2.05) is 0 Å². The van der Waals surface area contributed by atoms with Crippen LogP contribution in [0, 0.1) is 11.6 Å². The lowest BCUT2D eigenvalue weighted by molar-refractivity contribution is -0.129. The largest absolute Gasteiger partial charge is 0.473 e. The van der Waals surface area contributed by atoms with Crippen LogP contribution in [0.15, 0.2) is 43.0 Å². The molecule has 40 heavy (non-hydrogen) atoms. The monoisotopic (exact) mass is 568 g/mol. The van der Waals surface area contributed by atoms with E-state index in [4.69, 9.17) is 16.3 Å². The Kier molecular flexibility index (Phi) is 6.76. The number of nitrogens with one attached hydrogen (secondary N) is 1. The number of aliphatic hydroxyl groups is 1. The normalized spacial score (nSPS) is 19.5. The second-order valence-corrected chi connectivity index (χ2v) is 10.1. The number of aromatic amines is 1. The van der Waals surface area contributed by atoms with E-state index in [9.17, 15) is 9.90 Å². The molecule has 2 aliphatic rings. The lowest BCUT2D eigenvalue weighted by atomic mass is 9.92. The van der Waals surface area contributed by atoms with Crippen LogP contribution in [0.2, 0.25) is 5.02 Å². The number of hydrogen-bond donors (Lipinski definition) is 2. The number of pyridine rings is 1. The molecule has 1 unspecified atom stereocenters. The van der Waals surface area contributed by atoms with E-state index in [1.165, 1.54) is 48.5 Å². The Balaban J connectivity index is 1.28. The molecule has 0 bridgehead atoms. The van der Waals surface area contributed by atoms with Crippen LogP contribution in [0.25, 0.3) is 22.5 Å². The Morgan fingerprint density at radius 2 is 2.08 bits per heavy atom. The third-order valence-corrected chi connectivity index (χ3v) is 7.31. The third-order valence-electron chi connectivity index (χ3n) is 7.02. The van der Waals surface area contributed by atoms with Crippen LogP contribution in [-0.2, 0) is 4.79 Å². The first-order valence-electron chi connectivity index (χ1n) is 12.6. The van der Waals surface area contributed by atoms with E-state index in [1.54, 1.807) is 11.0 Å². The topological polar surface area (TPSA) is 135 Å². The van der Waals surface area contributed by atoms with Crippen molar-refractivity contribution in [3.05, 3.63) is 71.0 Å². The van der Waals surface area contributed by atoms with Gasteiger partial charge in [-0.1, -0.05) is 11.6 Å². The molecule has 2 N–H and O–H groups in total. The highest BCUT2D eigenvalue weighted by Gasteiger charge is 2.42. The van der Waals surface area contributed by atoms with Crippen molar-refractivity contribution in [2.45, 2.75) is 44.4 Å². The minimum Gasteiger partial charge on any atom is -0.473 e. The van der Waals surface area contributed by atoms with Gasteiger partial charge in [0, 0.05) is 29.4 Å². The number of imidazole rings is 1. The van der Waals surface area contributed by atoms with Crippen LogP contribution in [0.4, 0.5) is 8.78 Å². The summed E-state index contributed by atoms with van der Waals surface area (Å²) in [7, 11) is 0. The minimum absolute atomic E-state index is 0.0715. The first-order chi connectivity index (χ1) is 19.3. The number of aromatic nitrogens is 7. The van der Waals surface area contributed by atoms with Crippen molar-refractivity contribution in [3.8, 4) is 22.8 Å². The number of fused-ring (bicyclic) bond motifs is 1. The Morgan fingerprint density at radius 3 is 2.85 bits per heavy atom. The fourth-order valence-corrected chi connectivity index (χ4v) is 5.44. The van der Waals surface area contributed by atoms with Crippen LogP contribution >= 0.6 is 11.6 Å². The molecule has 0 spiro atoms. The summed E-state index contributed by atoms with van der Waals surface area (Å²) in [4.78, 5) is 26.7. The zero-order valence-corrected chi connectivity index (χ0v) is 21.9. The maximum atomic E-state index is 15.3. The van der Waals surface area contributed by atoms with E-state index < -0.39 is 17.7 Å². The van der Waals surface area contributed by atoms with Crippen LogP contribution in [0.3, 0.4) is 0 Å². The number of H-pyrrole nitrogens is 1. The van der Waals surface area contributed by atoms with Crippen molar-refractivity contribution >= 4 is 23.1 Å². The van der Waals surface area contributed by atoms with Gasteiger partial charge in [0.05, 0.1) is 34.7 Å². The van der Waals surface area contributed by atoms with E-state index >= 15 is 8.78 Å². The molecule has 206 valence electrons. The number of ether oxygens (including phenoxy) is 1. The highest BCUT2D eigenvalue weighted by molar-refractivity contribution is 6.31. The molecule has 1 fully saturated rings. The maximum absolute atomic E-state index is 15.3. The highest BCUT2D eigenvalue weighted by Crippen LogP contribution is 2.44. The van der Waals surface area contributed by atoms with Gasteiger partial charge in [-0.25, -0.2) is 18.7 Å². The standard InChI is InChI=1S/C26H23ClF2N8O3/c1-13(38)11-40-26-23(28)16(6-7-30-26)18-10-31-25(33-18)20-4-2-15-8-14(9-21(39)37(15)20)22-19(36-12-32-34-35-36)5-3-17(27)24(22)29/h3,5-7,9-10,12-13,15,20,38H,2,4,8,11H2,1H3,(H,31,33)/t13?,15-,20+/m1/s1. The molecular formula is C26H23ClF2N8O3. The smallest absolute Gasteiger partial charge is 0.251 e. The van der Waals surface area contributed by atoms with Gasteiger partial charge >= 0.3 is 0 Å². The van der Waals surface area contributed by atoms with Crippen molar-refractivity contribution in [1.82, 2.24) is 40.1 Å². The lowest BCUT2D eigenvalue weighted by Gasteiger charge is -2.33. The van der Waals surface area contributed by atoms with Gasteiger partial charge in [0.15, 0.2) is 11.6 Å². The van der Waals surface area contributed by atoms with Crippen LogP contribution in [0.1, 0.15) is 43.6 Å². The summed E-state index contributed by atoms with van der Waals surface area (Å²) in [5.41, 5.74) is 1.65. The zero-order chi connectivity index (χ0) is 28.0. The number of benzene rings is 1. The van der Waals surface area contributed by atoms with Gasteiger partial charge in [-0.2, -0.15) is 4.68 Å². The lowest BCUT2D eigenvalue weighted by Crippen LogP contribution is -2.39. The van der Waals surface area contributed by atoms with E-state index in [-0.39, 0.29) is 46.6 Å². The molecule has 0 aliphatic carbocycles. The Bertz CT molecular complexity index is 1610. The summed E-state index contributed by atoms with van der Waals surface area (Å²) in [6, 6.07) is 3.94. The van der Waals surface area contributed by atoms with Crippen LogP contribution in [-0.4, -0.2) is 69.8 Å². The molecule has 11 nitrogen and oxygen atoms in total. The molecule has 2 aliphatic heterocycles. The van der Waals surface area contributed by atoms with E-state index in [2.05, 4.69) is 30.5 Å². The first-order valence-corrected chi connectivity index (χ1v) is 12.9. The van der Waals surface area contributed by atoms with Crippen molar-refractivity contribution in [1.29, 1.82) is 0 Å². The van der Waals surface area contributed by atoms with Crippen LogP contribution in [0.5, 0.6) is 5.88 Å². The fraction of sp³-hybridized carbons (Fsp3) is 0.308. The van der Waals surface area contributed by atoms with Gasteiger partial charge in [0.2, 0.25) is 5.91 Å². The molecule has 14 heteroatoms. The van der Waals surface area contributed by atoms with Gasteiger partial charge in [-0.15, -0.1) is 5.10 Å². The van der Waals surface area contributed by atoms with Crippen molar-refractivity contribution in [2.75, 3.05) is 6.61 Å².